The molecule has 0 saturated carbocycles. The Labute approximate surface area is 118 Å². The highest BCUT2D eigenvalue weighted by molar-refractivity contribution is 5.93. The van der Waals surface area contributed by atoms with Crippen LogP contribution in [0.5, 0.6) is 5.75 Å². The van der Waals surface area contributed by atoms with Crippen LogP contribution in [-0.4, -0.2) is 17.5 Å². The Kier molecular flexibility index (Phi) is 4.71. The summed E-state index contributed by atoms with van der Waals surface area (Å²) in [7, 11) is 0. The minimum Gasteiger partial charge on any atom is -0.482 e. The van der Waals surface area contributed by atoms with E-state index >= 15 is 0 Å². The Hall–Kier alpha value is -2.36. The molecule has 104 valence electrons. The third kappa shape index (κ3) is 3.57. The van der Waals surface area contributed by atoms with E-state index in [1.807, 2.05) is 25.1 Å². The third-order valence-electron chi connectivity index (χ3n) is 3.01. The van der Waals surface area contributed by atoms with Crippen molar-refractivity contribution >= 4 is 11.6 Å². The zero-order valence-corrected chi connectivity index (χ0v) is 11.7. The zero-order chi connectivity index (χ0) is 14.4. The molecule has 1 heterocycles. The van der Waals surface area contributed by atoms with Crippen LogP contribution in [0, 0.1) is 6.92 Å². The fraction of sp³-hybridized carbons (Fsp3) is 0.250. The Morgan fingerprint density at radius 3 is 2.85 bits per heavy atom. The van der Waals surface area contributed by atoms with Crippen molar-refractivity contribution in [1.29, 1.82) is 0 Å². The van der Waals surface area contributed by atoms with E-state index in [2.05, 4.69) is 17.2 Å². The lowest BCUT2D eigenvalue weighted by Crippen LogP contribution is -2.21. The number of carbonyl (C=O) groups excluding carboxylic acids is 1. The molecule has 1 amide bonds. The number of anilines is 1. The van der Waals surface area contributed by atoms with Gasteiger partial charge < -0.3 is 10.1 Å². The van der Waals surface area contributed by atoms with Crippen molar-refractivity contribution in [3.63, 3.8) is 0 Å². The number of pyridine rings is 1. The van der Waals surface area contributed by atoms with E-state index in [1.165, 1.54) is 0 Å². The van der Waals surface area contributed by atoms with E-state index in [-0.39, 0.29) is 12.5 Å². The number of aryl methyl sites for hydroxylation is 2. The molecule has 2 aromatic rings. The monoisotopic (exact) mass is 270 g/mol. The fourth-order valence-corrected chi connectivity index (χ4v) is 1.96. The van der Waals surface area contributed by atoms with Gasteiger partial charge in [0.2, 0.25) is 0 Å². The third-order valence-corrected chi connectivity index (χ3v) is 3.01. The minimum absolute atomic E-state index is 0.0246. The molecule has 0 radical (unpaired) electrons. The average molecular weight is 270 g/mol. The number of amides is 1. The Morgan fingerprint density at radius 2 is 2.15 bits per heavy atom. The van der Waals surface area contributed by atoms with Crippen LogP contribution in [0.4, 0.5) is 5.69 Å². The molecule has 2 rings (SSSR count). The number of carbonyl (C=O) groups is 1. The van der Waals surface area contributed by atoms with E-state index in [9.17, 15) is 4.79 Å². The summed E-state index contributed by atoms with van der Waals surface area (Å²) in [6.45, 7) is 4.02. The van der Waals surface area contributed by atoms with Gasteiger partial charge in [0.1, 0.15) is 5.75 Å². The molecule has 1 N–H and O–H groups in total. The number of nitrogens with one attached hydrogen (secondary N) is 1. The number of para-hydroxylation sites is 1. The lowest BCUT2D eigenvalue weighted by atomic mass is 10.1. The minimum atomic E-state index is -0.169. The first-order valence-corrected chi connectivity index (χ1v) is 6.62. The predicted octanol–water partition coefficient (Wildman–Crippen LogP) is 2.97. The second-order valence-electron chi connectivity index (χ2n) is 4.49. The topological polar surface area (TPSA) is 51.2 Å². The maximum absolute atomic E-state index is 11.9. The summed E-state index contributed by atoms with van der Waals surface area (Å²) in [6.07, 6.45) is 4.12. The number of benzene rings is 1. The van der Waals surface area contributed by atoms with E-state index in [1.54, 1.807) is 24.5 Å². The molecule has 0 bridgehead atoms. The molecule has 0 aliphatic carbocycles. The molecule has 4 nitrogen and oxygen atoms in total. The standard InChI is InChI=1S/C16H18N2O2/c1-3-13-7-4-6-12(2)16(13)18-15(19)11-20-14-8-5-9-17-10-14/h4-10H,3,11H2,1-2H3,(H,18,19). The molecule has 0 spiro atoms. The van der Waals surface area contributed by atoms with Gasteiger partial charge in [0.15, 0.2) is 6.61 Å². The normalized spacial score (nSPS) is 10.1. The summed E-state index contributed by atoms with van der Waals surface area (Å²) in [5.41, 5.74) is 3.06. The van der Waals surface area contributed by atoms with Gasteiger partial charge in [-0.05, 0) is 36.6 Å². The molecule has 0 fully saturated rings. The van der Waals surface area contributed by atoms with E-state index in [0.29, 0.717) is 5.75 Å². The molecule has 20 heavy (non-hydrogen) atoms. The molecule has 0 atom stereocenters. The Bertz CT molecular complexity index is 582. The van der Waals surface area contributed by atoms with Crippen LogP contribution in [0.3, 0.4) is 0 Å². The van der Waals surface area contributed by atoms with E-state index in [4.69, 9.17) is 4.74 Å². The maximum atomic E-state index is 11.9. The summed E-state index contributed by atoms with van der Waals surface area (Å²) >= 11 is 0. The summed E-state index contributed by atoms with van der Waals surface area (Å²) in [5.74, 6) is 0.418. The molecular formula is C16H18N2O2. The van der Waals surface area contributed by atoms with E-state index < -0.39 is 0 Å². The van der Waals surface area contributed by atoms with Crippen molar-refractivity contribution < 1.29 is 9.53 Å². The molecule has 0 saturated heterocycles. The lowest BCUT2D eigenvalue weighted by Gasteiger charge is -2.13. The van der Waals surface area contributed by atoms with Gasteiger partial charge in [-0.15, -0.1) is 0 Å². The summed E-state index contributed by atoms with van der Waals surface area (Å²) in [5, 5.41) is 2.92. The van der Waals surface area contributed by atoms with Crippen LogP contribution in [0.15, 0.2) is 42.7 Å². The highest BCUT2D eigenvalue weighted by Crippen LogP contribution is 2.21. The van der Waals surface area contributed by atoms with Crippen LogP contribution < -0.4 is 10.1 Å². The van der Waals surface area contributed by atoms with Crippen LogP contribution >= 0.6 is 0 Å². The number of rotatable bonds is 5. The van der Waals surface area contributed by atoms with Crippen LogP contribution in [-0.2, 0) is 11.2 Å². The number of hydrogen-bond donors (Lipinski definition) is 1. The van der Waals surface area contributed by atoms with Crippen LogP contribution in [0.1, 0.15) is 18.1 Å². The summed E-state index contributed by atoms with van der Waals surface area (Å²) < 4.78 is 5.38. The molecule has 4 heteroatoms. The van der Waals surface area contributed by atoms with Crippen molar-refractivity contribution in [2.24, 2.45) is 0 Å². The molecule has 0 aliphatic heterocycles. The van der Waals surface area contributed by atoms with E-state index in [0.717, 1.165) is 23.2 Å². The number of nitrogens with zero attached hydrogens (tertiary/aromatic N) is 1. The molecule has 1 aromatic carbocycles. The second-order valence-corrected chi connectivity index (χ2v) is 4.49. The average Bonchev–Trinajstić information content (AvgIpc) is 2.48. The van der Waals surface area contributed by atoms with Gasteiger partial charge in [-0.25, -0.2) is 0 Å². The second kappa shape index (κ2) is 6.70. The van der Waals surface area contributed by atoms with Crippen molar-refractivity contribution in [3.05, 3.63) is 53.9 Å². The van der Waals surface area contributed by atoms with Gasteiger partial charge in [0.05, 0.1) is 6.20 Å². The smallest absolute Gasteiger partial charge is 0.262 e. The first-order chi connectivity index (χ1) is 9.70. The maximum Gasteiger partial charge on any atom is 0.262 e. The van der Waals surface area contributed by atoms with Crippen molar-refractivity contribution in [1.82, 2.24) is 4.98 Å². The summed E-state index contributed by atoms with van der Waals surface area (Å²) in [6, 6.07) is 9.53. The van der Waals surface area contributed by atoms with Crippen molar-refractivity contribution in [3.8, 4) is 5.75 Å². The lowest BCUT2D eigenvalue weighted by molar-refractivity contribution is -0.118. The predicted molar refractivity (Wildman–Crippen MR) is 78.9 cm³/mol. The first-order valence-electron chi connectivity index (χ1n) is 6.62. The van der Waals surface area contributed by atoms with Gasteiger partial charge in [-0.2, -0.15) is 0 Å². The van der Waals surface area contributed by atoms with Crippen LogP contribution in [0.2, 0.25) is 0 Å². The van der Waals surface area contributed by atoms with Crippen molar-refractivity contribution in [2.45, 2.75) is 20.3 Å². The summed E-state index contributed by atoms with van der Waals surface area (Å²) in [4.78, 5) is 15.9. The SMILES string of the molecule is CCc1cccc(C)c1NC(=O)COc1cccnc1. The molecular weight excluding hydrogens is 252 g/mol. The Morgan fingerprint density at radius 1 is 1.30 bits per heavy atom. The van der Waals surface area contributed by atoms with Crippen molar-refractivity contribution in [2.75, 3.05) is 11.9 Å². The highest BCUT2D eigenvalue weighted by Gasteiger charge is 2.09. The number of hydrogen-bond acceptors (Lipinski definition) is 3. The first kappa shape index (κ1) is 14.1. The van der Waals surface area contributed by atoms with Gasteiger partial charge in [0.25, 0.3) is 5.91 Å². The number of aromatic nitrogens is 1. The quantitative estimate of drug-likeness (QED) is 0.908. The largest absolute Gasteiger partial charge is 0.482 e. The molecule has 1 aromatic heterocycles. The van der Waals surface area contributed by atoms with Crippen LogP contribution in [0.25, 0.3) is 0 Å². The van der Waals surface area contributed by atoms with Gasteiger partial charge in [0, 0.05) is 11.9 Å². The molecule has 0 aliphatic rings. The van der Waals surface area contributed by atoms with Gasteiger partial charge in [-0.1, -0.05) is 25.1 Å². The number of ether oxygens (including phenoxy) is 1. The van der Waals surface area contributed by atoms with Gasteiger partial charge in [-0.3, -0.25) is 9.78 Å². The fourth-order valence-electron chi connectivity index (χ4n) is 1.96. The van der Waals surface area contributed by atoms with Gasteiger partial charge >= 0.3 is 0 Å². The zero-order valence-electron chi connectivity index (χ0n) is 11.7. The Balaban J connectivity index is 1.98. The highest BCUT2D eigenvalue weighted by atomic mass is 16.5. The molecule has 0 unspecified atom stereocenters.